The molecule has 1 saturated heterocycles. The van der Waals surface area contributed by atoms with Gasteiger partial charge in [0.2, 0.25) is 0 Å². The van der Waals surface area contributed by atoms with Crippen LogP contribution in [0.1, 0.15) is 35.4 Å². The van der Waals surface area contributed by atoms with Crippen LogP contribution in [0.2, 0.25) is 0 Å². The Morgan fingerprint density at radius 3 is 2.65 bits per heavy atom. The molecule has 1 fully saturated rings. The number of nitrogens with zero attached hydrogens (tertiary/aromatic N) is 3. The van der Waals surface area contributed by atoms with Gasteiger partial charge in [-0.1, -0.05) is 12.1 Å². The number of halogens is 2. The standard InChI is InChI=1S/C27H23F2N5O3/c28-18-4-2-17(3-5-18)25-21(14-34(32-25)20-8-6-19(29)7-9-20)26-33(24(35)15-37-26)12-11-16-1-10-22-23(13-16)31-27(36)30-22/h1-2,4-10,13-14,17,26H,3,11-12,15H2,(H2,30,31,36). The van der Waals surface area contributed by atoms with Crippen LogP contribution in [0.15, 0.2) is 77.5 Å². The van der Waals surface area contributed by atoms with Crippen LogP contribution in [0.5, 0.6) is 0 Å². The fourth-order valence-corrected chi connectivity index (χ4v) is 4.84. The summed E-state index contributed by atoms with van der Waals surface area (Å²) in [5.41, 5.74) is 4.13. The van der Waals surface area contributed by atoms with Crippen molar-refractivity contribution in [3.63, 3.8) is 0 Å². The summed E-state index contributed by atoms with van der Waals surface area (Å²) < 4.78 is 34.7. The molecule has 8 nitrogen and oxygen atoms in total. The van der Waals surface area contributed by atoms with E-state index in [9.17, 15) is 18.4 Å². The quantitative estimate of drug-likeness (QED) is 0.413. The number of carbonyl (C=O) groups is 1. The smallest absolute Gasteiger partial charge is 0.323 e. The highest BCUT2D eigenvalue weighted by molar-refractivity contribution is 5.79. The molecule has 1 amide bonds. The average molecular weight is 504 g/mol. The van der Waals surface area contributed by atoms with Crippen LogP contribution in [0.25, 0.3) is 16.7 Å². The Morgan fingerprint density at radius 2 is 1.86 bits per heavy atom. The second-order valence-electron chi connectivity index (χ2n) is 9.14. The first-order valence-corrected chi connectivity index (χ1v) is 12.0. The molecular formula is C27H23F2N5O3. The van der Waals surface area contributed by atoms with Gasteiger partial charge in [0.25, 0.3) is 5.91 Å². The molecule has 1 aliphatic heterocycles. The topological polar surface area (TPSA) is 96.0 Å². The van der Waals surface area contributed by atoms with Gasteiger partial charge in [0.05, 0.1) is 22.4 Å². The number of aromatic nitrogens is 4. The van der Waals surface area contributed by atoms with E-state index < -0.39 is 6.23 Å². The number of carbonyl (C=O) groups excluding carboxylic acids is 1. The van der Waals surface area contributed by atoms with E-state index in [-0.39, 0.29) is 35.8 Å². The summed E-state index contributed by atoms with van der Waals surface area (Å²) in [6.07, 6.45) is 6.76. The number of amides is 1. The number of ether oxygens (including phenoxy) is 1. The van der Waals surface area contributed by atoms with E-state index in [1.165, 1.54) is 24.3 Å². The minimum Gasteiger partial charge on any atom is -0.344 e. The largest absolute Gasteiger partial charge is 0.344 e. The van der Waals surface area contributed by atoms with Gasteiger partial charge in [0, 0.05) is 24.2 Å². The van der Waals surface area contributed by atoms with Crippen molar-refractivity contribution in [1.82, 2.24) is 24.6 Å². The van der Waals surface area contributed by atoms with Crippen LogP contribution < -0.4 is 5.69 Å². The summed E-state index contributed by atoms with van der Waals surface area (Å²) in [5.74, 6) is -1.01. The third kappa shape index (κ3) is 4.51. The highest BCUT2D eigenvalue weighted by Gasteiger charge is 2.37. The van der Waals surface area contributed by atoms with Gasteiger partial charge in [-0.15, -0.1) is 0 Å². The maximum absolute atomic E-state index is 13.7. The van der Waals surface area contributed by atoms with E-state index in [1.54, 1.807) is 34.0 Å². The normalized spacial score (nSPS) is 19.7. The van der Waals surface area contributed by atoms with Gasteiger partial charge in [-0.2, -0.15) is 5.10 Å². The van der Waals surface area contributed by atoms with Crippen molar-refractivity contribution in [2.45, 2.75) is 25.0 Å². The molecule has 0 saturated carbocycles. The number of imidazole rings is 1. The van der Waals surface area contributed by atoms with Crippen LogP contribution in [0.3, 0.4) is 0 Å². The number of fused-ring (bicyclic) bond motifs is 1. The zero-order chi connectivity index (χ0) is 25.5. The predicted octanol–water partition coefficient (Wildman–Crippen LogP) is 4.18. The first-order chi connectivity index (χ1) is 17.9. The Balaban J connectivity index is 1.31. The molecule has 10 heteroatoms. The molecule has 0 bridgehead atoms. The average Bonchev–Trinajstić information content (AvgIpc) is 3.59. The van der Waals surface area contributed by atoms with Gasteiger partial charge in [-0.25, -0.2) is 18.3 Å². The second kappa shape index (κ2) is 9.29. The molecular weight excluding hydrogens is 480 g/mol. The summed E-state index contributed by atoms with van der Waals surface area (Å²) in [6, 6.07) is 11.6. The molecule has 2 aliphatic rings. The van der Waals surface area contributed by atoms with Gasteiger partial charge in [0.15, 0.2) is 6.23 Å². The summed E-state index contributed by atoms with van der Waals surface area (Å²) >= 11 is 0. The van der Waals surface area contributed by atoms with Crippen molar-refractivity contribution in [3.8, 4) is 5.69 Å². The number of nitrogens with one attached hydrogen (secondary N) is 2. The number of hydrogen-bond acceptors (Lipinski definition) is 4. The number of H-pyrrole nitrogens is 2. The van der Waals surface area contributed by atoms with Crippen molar-refractivity contribution >= 4 is 16.9 Å². The number of rotatable bonds is 6. The lowest BCUT2D eigenvalue weighted by molar-refractivity contribution is -0.128. The molecule has 6 rings (SSSR count). The van der Waals surface area contributed by atoms with Crippen molar-refractivity contribution in [3.05, 3.63) is 106 Å². The van der Waals surface area contributed by atoms with Crippen LogP contribution >= 0.6 is 0 Å². The van der Waals surface area contributed by atoms with Crippen LogP contribution in [-0.4, -0.2) is 43.7 Å². The van der Waals surface area contributed by atoms with E-state index in [2.05, 4.69) is 9.97 Å². The highest BCUT2D eigenvalue weighted by Crippen LogP contribution is 2.37. The van der Waals surface area contributed by atoms with Gasteiger partial charge >= 0.3 is 5.69 Å². The van der Waals surface area contributed by atoms with E-state index in [0.717, 1.165) is 11.1 Å². The van der Waals surface area contributed by atoms with Crippen molar-refractivity contribution in [1.29, 1.82) is 0 Å². The van der Waals surface area contributed by atoms with Crippen molar-refractivity contribution in [2.75, 3.05) is 13.2 Å². The lowest BCUT2D eigenvalue weighted by atomic mass is 9.94. The third-order valence-electron chi connectivity index (χ3n) is 6.73. The Morgan fingerprint density at radius 1 is 1.05 bits per heavy atom. The molecule has 2 atom stereocenters. The van der Waals surface area contributed by atoms with Gasteiger partial charge in [-0.3, -0.25) is 4.79 Å². The van der Waals surface area contributed by atoms with Gasteiger partial charge in [0.1, 0.15) is 18.3 Å². The van der Waals surface area contributed by atoms with E-state index in [4.69, 9.17) is 9.84 Å². The zero-order valence-electron chi connectivity index (χ0n) is 19.7. The molecule has 2 aromatic heterocycles. The summed E-state index contributed by atoms with van der Waals surface area (Å²) in [5, 5.41) is 4.75. The summed E-state index contributed by atoms with van der Waals surface area (Å²) in [4.78, 5) is 31.6. The third-order valence-corrected chi connectivity index (χ3v) is 6.73. The van der Waals surface area contributed by atoms with E-state index >= 15 is 0 Å². The number of benzene rings is 2. The highest BCUT2D eigenvalue weighted by atomic mass is 19.1. The molecule has 188 valence electrons. The Kier molecular flexibility index (Phi) is 5.80. The first-order valence-electron chi connectivity index (χ1n) is 12.0. The molecule has 0 radical (unpaired) electrons. The van der Waals surface area contributed by atoms with Crippen LogP contribution in [0, 0.1) is 5.82 Å². The molecule has 37 heavy (non-hydrogen) atoms. The molecule has 0 spiro atoms. The molecule has 4 aromatic rings. The lowest BCUT2D eigenvalue weighted by Gasteiger charge is -2.24. The van der Waals surface area contributed by atoms with E-state index in [0.29, 0.717) is 41.8 Å². The second-order valence-corrected chi connectivity index (χ2v) is 9.14. The minimum atomic E-state index is -0.670. The number of allylic oxidation sites excluding steroid dienone is 4. The maximum atomic E-state index is 13.7. The van der Waals surface area contributed by atoms with Crippen molar-refractivity contribution < 1.29 is 18.3 Å². The van der Waals surface area contributed by atoms with E-state index in [1.807, 2.05) is 18.2 Å². The summed E-state index contributed by atoms with van der Waals surface area (Å²) in [7, 11) is 0. The first kappa shape index (κ1) is 23.1. The Hall–Kier alpha value is -4.31. The fourth-order valence-electron chi connectivity index (χ4n) is 4.84. The molecule has 2 aromatic carbocycles. The van der Waals surface area contributed by atoms with Crippen molar-refractivity contribution in [2.24, 2.45) is 0 Å². The molecule has 3 heterocycles. The Labute approximate surface area is 209 Å². The fraction of sp³-hybridized carbons (Fsp3) is 0.222. The predicted molar refractivity (Wildman–Crippen MR) is 132 cm³/mol. The molecule has 2 unspecified atom stereocenters. The lowest BCUT2D eigenvalue weighted by Crippen LogP contribution is -2.31. The number of hydrogen-bond donors (Lipinski definition) is 2. The Bertz CT molecular complexity index is 1600. The SMILES string of the molecule is O=C1COC(c2cn(-c3ccc(F)cc3)nc2C2C=CC(F)=CC2)N1CCc1ccc2[nH]c(=O)[nH]c2c1. The van der Waals surface area contributed by atoms with Gasteiger partial charge in [-0.05, 0) is 67.0 Å². The molecule has 1 aliphatic carbocycles. The van der Waals surface area contributed by atoms with Crippen LogP contribution in [0.4, 0.5) is 8.78 Å². The zero-order valence-corrected chi connectivity index (χ0v) is 19.7. The van der Waals surface area contributed by atoms with Crippen LogP contribution in [-0.2, 0) is 16.0 Å². The monoisotopic (exact) mass is 503 g/mol. The molecule has 2 N–H and O–H groups in total. The maximum Gasteiger partial charge on any atom is 0.323 e. The summed E-state index contributed by atoms with van der Waals surface area (Å²) in [6.45, 7) is 0.324. The van der Waals surface area contributed by atoms with Gasteiger partial charge < -0.3 is 19.6 Å². The minimum absolute atomic E-state index is 0.0644. The number of aromatic amines is 2.